The summed E-state index contributed by atoms with van der Waals surface area (Å²) in [5, 5.41) is 0. The second-order valence-electron chi connectivity index (χ2n) is 4.21. The second kappa shape index (κ2) is 5.29. The fraction of sp³-hybridized carbons (Fsp3) is 0.286. The Labute approximate surface area is 104 Å². The monoisotopic (exact) mass is 253 g/mol. The third-order valence-electron chi connectivity index (χ3n) is 2.91. The predicted octanol–water partition coefficient (Wildman–Crippen LogP) is 4.22. The van der Waals surface area contributed by atoms with Gasteiger partial charge in [0.15, 0.2) is 0 Å². The zero-order valence-electron chi connectivity index (χ0n) is 9.77. The van der Waals surface area contributed by atoms with Crippen LogP contribution in [0.25, 0.3) is 0 Å². The van der Waals surface area contributed by atoms with Gasteiger partial charge in [-0.15, -0.1) is 0 Å². The Morgan fingerprint density at radius 2 is 1.56 bits per heavy atom. The average molecular weight is 253 g/mol. The number of hydrogen-bond acceptors (Lipinski definition) is 0. The van der Waals surface area contributed by atoms with Gasteiger partial charge in [-0.3, -0.25) is 0 Å². The Hall–Kier alpha value is -1.71. The normalized spacial score (nSPS) is 13.5. The van der Waals surface area contributed by atoms with Crippen molar-refractivity contribution in [2.75, 3.05) is 0 Å². The van der Waals surface area contributed by atoms with Crippen molar-refractivity contribution in [1.82, 2.24) is 4.57 Å². The summed E-state index contributed by atoms with van der Waals surface area (Å²) < 4.78 is 40.1. The first kappa shape index (κ1) is 12.7. The molecule has 4 heteroatoms. The molecule has 0 aliphatic heterocycles. The van der Waals surface area contributed by atoms with Crippen LogP contribution in [0.2, 0.25) is 0 Å². The number of hydrogen-bond donors (Lipinski definition) is 0. The zero-order valence-corrected chi connectivity index (χ0v) is 9.77. The van der Waals surface area contributed by atoms with Gasteiger partial charge in [-0.25, -0.2) is 0 Å². The summed E-state index contributed by atoms with van der Waals surface area (Å²) in [5.41, 5.74) is 0.930. The minimum absolute atomic E-state index is 0.0577. The first-order chi connectivity index (χ1) is 8.57. The van der Waals surface area contributed by atoms with E-state index in [1.165, 1.54) is 17.0 Å². The molecule has 0 amide bonds. The minimum Gasteiger partial charge on any atom is -0.342 e. The van der Waals surface area contributed by atoms with Crippen molar-refractivity contribution >= 4 is 0 Å². The lowest BCUT2D eigenvalue weighted by Gasteiger charge is -2.22. The van der Waals surface area contributed by atoms with Crippen LogP contribution < -0.4 is 0 Å². The number of alkyl halides is 3. The van der Waals surface area contributed by atoms with Gasteiger partial charge in [0.25, 0.3) is 0 Å². The lowest BCUT2D eigenvalue weighted by atomic mass is 10.0. The zero-order chi connectivity index (χ0) is 13.0. The largest absolute Gasteiger partial charge is 0.409 e. The molecule has 1 heterocycles. The first-order valence-corrected chi connectivity index (χ1v) is 5.80. The predicted molar refractivity (Wildman–Crippen MR) is 64.3 cm³/mol. The Morgan fingerprint density at radius 1 is 0.944 bits per heavy atom. The molecule has 1 atom stereocenters. The number of benzene rings is 1. The standard InChI is InChI=1S/C14H14F3N/c15-14(16,17)13(18-10-4-5-11-18)9-8-12-6-2-1-3-7-12/h1-7,10-11,13H,8-9H2. The van der Waals surface area contributed by atoms with Crippen LogP contribution in [-0.2, 0) is 6.42 Å². The van der Waals surface area contributed by atoms with E-state index in [0.29, 0.717) is 6.42 Å². The molecule has 0 aliphatic rings. The van der Waals surface area contributed by atoms with E-state index < -0.39 is 12.2 Å². The molecule has 18 heavy (non-hydrogen) atoms. The molecular formula is C14H14F3N. The van der Waals surface area contributed by atoms with Gasteiger partial charge in [-0.1, -0.05) is 30.3 Å². The quantitative estimate of drug-likeness (QED) is 0.768. The summed E-state index contributed by atoms with van der Waals surface area (Å²) >= 11 is 0. The highest BCUT2D eigenvalue weighted by atomic mass is 19.4. The summed E-state index contributed by atoms with van der Waals surface area (Å²) in [6, 6.07) is 11.0. The first-order valence-electron chi connectivity index (χ1n) is 5.80. The molecule has 0 N–H and O–H groups in total. The lowest BCUT2D eigenvalue weighted by Crippen LogP contribution is -2.26. The van der Waals surface area contributed by atoms with E-state index in [0.717, 1.165) is 5.56 Å². The fourth-order valence-electron chi connectivity index (χ4n) is 1.99. The SMILES string of the molecule is FC(F)(F)C(CCc1ccccc1)n1cccc1. The molecule has 1 unspecified atom stereocenters. The maximum absolute atomic E-state index is 13.0. The van der Waals surface area contributed by atoms with Gasteiger partial charge in [-0.2, -0.15) is 13.2 Å². The van der Waals surface area contributed by atoms with Gasteiger partial charge in [0.1, 0.15) is 6.04 Å². The highest BCUT2D eigenvalue weighted by Gasteiger charge is 2.39. The van der Waals surface area contributed by atoms with Crippen molar-refractivity contribution in [2.45, 2.75) is 25.1 Å². The summed E-state index contributed by atoms with van der Waals surface area (Å²) in [6.45, 7) is 0. The van der Waals surface area contributed by atoms with E-state index in [4.69, 9.17) is 0 Å². The smallest absolute Gasteiger partial charge is 0.342 e. The van der Waals surface area contributed by atoms with E-state index in [1.807, 2.05) is 30.3 Å². The van der Waals surface area contributed by atoms with Crippen LogP contribution >= 0.6 is 0 Å². The van der Waals surface area contributed by atoms with Crippen LogP contribution in [0.1, 0.15) is 18.0 Å². The fourth-order valence-corrected chi connectivity index (χ4v) is 1.99. The van der Waals surface area contributed by atoms with Gasteiger partial charge >= 0.3 is 6.18 Å². The molecule has 0 spiro atoms. The average Bonchev–Trinajstić information content (AvgIpc) is 2.82. The Morgan fingerprint density at radius 3 is 2.11 bits per heavy atom. The molecule has 1 aromatic heterocycles. The van der Waals surface area contributed by atoms with Crippen molar-refractivity contribution in [2.24, 2.45) is 0 Å². The minimum atomic E-state index is -4.21. The van der Waals surface area contributed by atoms with Crippen LogP contribution in [0.3, 0.4) is 0 Å². The molecule has 0 saturated carbocycles. The Balaban J connectivity index is 2.08. The van der Waals surface area contributed by atoms with Crippen LogP contribution in [0.4, 0.5) is 13.2 Å². The van der Waals surface area contributed by atoms with Gasteiger partial charge in [0, 0.05) is 12.4 Å². The Bertz CT molecular complexity index is 460. The lowest BCUT2D eigenvalue weighted by molar-refractivity contribution is -0.169. The molecule has 0 fully saturated rings. The summed E-state index contributed by atoms with van der Waals surface area (Å²) in [7, 11) is 0. The van der Waals surface area contributed by atoms with Crippen LogP contribution in [0.5, 0.6) is 0 Å². The molecule has 2 aromatic rings. The van der Waals surface area contributed by atoms with Gasteiger partial charge < -0.3 is 4.57 Å². The van der Waals surface area contributed by atoms with Crippen molar-refractivity contribution in [3.05, 3.63) is 60.4 Å². The maximum Gasteiger partial charge on any atom is 0.409 e. The molecular weight excluding hydrogens is 239 g/mol. The molecule has 0 bridgehead atoms. The highest BCUT2D eigenvalue weighted by Crippen LogP contribution is 2.34. The molecule has 96 valence electrons. The van der Waals surface area contributed by atoms with E-state index in [-0.39, 0.29) is 6.42 Å². The summed E-state index contributed by atoms with van der Waals surface area (Å²) in [5.74, 6) is 0. The van der Waals surface area contributed by atoms with Gasteiger partial charge in [-0.05, 0) is 30.5 Å². The van der Waals surface area contributed by atoms with Crippen LogP contribution in [-0.4, -0.2) is 10.7 Å². The van der Waals surface area contributed by atoms with E-state index in [1.54, 1.807) is 12.1 Å². The molecule has 1 aromatic carbocycles. The topological polar surface area (TPSA) is 4.93 Å². The summed E-state index contributed by atoms with van der Waals surface area (Å²) in [6.07, 6.45) is -0.814. The number of aryl methyl sites for hydroxylation is 1. The Kier molecular flexibility index (Phi) is 3.75. The molecule has 2 rings (SSSR count). The molecule has 0 radical (unpaired) electrons. The molecule has 0 aliphatic carbocycles. The number of rotatable bonds is 4. The number of halogens is 3. The van der Waals surface area contributed by atoms with E-state index in [2.05, 4.69) is 0 Å². The number of nitrogens with zero attached hydrogens (tertiary/aromatic N) is 1. The van der Waals surface area contributed by atoms with Crippen molar-refractivity contribution < 1.29 is 13.2 Å². The third-order valence-corrected chi connectivity index (χ3v) is 2.91. The van der Waals surface area contributed by atoms with Gasteiger partial charge in [0.2, 0.25) is 0 Å². The van der Waals surface area contributed by atoms with E-state index in [9.17, 15) is 13.2 Å². The third kappa shape index (κ3) is 3.15. The van der Waals surface area contributed by atoms with Gasteiger partial charge in [0.05, 0.1) is 0 Å². The summed E-state index contributed by atoms with van der Waals surface area (Å²) in [4.78, 5) is 0. The second-order valence-corrected chi connectivity index (χ2v) is 4.21. The van der Waals surface area contributed by atoms with Crippen molar-refractivity contribution in [3.8, 4) is 0 Å². The van der Waals surface area contributed by atoms with E-state index >= 15 is 0 Å². The van der Waals surface area contributed by atoms with Crippen molar-refractivity contribution in [1.29, 1.82) is 0 Å². The van der Waals surface area contributed by atoms with Crippen LogP contribution in [0.15, 0.2) is 54.9 Å². The highest BCUT2D eigenvalue weighted by molar-refractivity contribution is 5.15. The maximum atomic E-state index is 13.0. The van der Waals surface area contributed by atoms with Crippen molar-refractivity contribution in [3.63, 3.8) is 0 Å². The van der Waals surface area contributed by atoms with Crippen LogP contribution in [0, 0.1) is 0 Å². The molecule has 1 nitrogen and oxygen atoms in total. The molecule has 0 saturated heterocycles. The number of aromatic nitrogens is 1.